The third kappa shape index (κ3) is 9.44. The van der Waals surface area contributed by atoms with Crippen LogP contribution in [0.2, 0.25) is 0 Å². The average molecular weight is 260 g/mol. The minimum absolute atomic E-state index is 0.444. The lowest BCUT2D eigenvalue weighted by Crippen LogP contribution is -2.23. The Kier molecular flexibility index (Phi) is 6.01. The Balaban J connectivity index is 0.000000293. The SMILES string of the molecule is NC(=O)NSCC1CC1.O=C(O)C(F)(F)F. The molecule has 4 N–H and O–H groups in total. The van der Waals surface area contributed by atoms with Gasteiger partial charge in [-0.2, -0.15) is 13.2 Å². The summed E-state index contributed by atoms with van der Waals surface area (Å²) in [4.78, 5) is 19.0. The van der Waals surface area contributed by atoms with Gasteiger partial charge in [-0.15, -0.1) is 0 Å². The summed E-state index contributed by atoms with van der Waals surface area (Å²) in [5.41, 5.74) is 4.83. The number of hydrogen-bond acceptors (Lipinski definition) is 3. The number of amides is 2. The molecular weight excluding hydrogens is 249 g/mol. The number of aliphatic carboxylic acids is 1. The molecule has 0 heterocycles. The fourth-order valence-corrected chi connectivity index (χ4v) is 1.31. The largest absolute Gasteiger partial charge is 0.490 e. The molecule has 0 unspecified atom stereocenters. The molecule has 0 saturated heterocycles. The third-order valence-corrected chi connectivity index (χ3v) is 2.41. The number of alkyl halides is 3. The smallest absolute Gasteiger partial charge is 0.475 e. The molecule has 9 heteroatoms. The highest BCUT2D eigenvalue weighted by atomic mass is 32.2. The predicted octanol–water partition coefficient (Wildman–Crippen LogP) is 1.35. The summed E-state index contributed by atoms with van der Waals surface area (Å²) < 4.78 is 34.2. The van der Waals surface area contributed by atoms with E-state index in [1.807, 2.05) is 0 Å². The van der Waals surface area contributed by atoms with Crippen molar-refractivity contribution in [1.82, 2.24) is 4.72 Å². The number of hydrogen-bond donors (Lipinski definition) is 3. The summed E-state index contributed by atoms with van der Waals surface area (Å²) in [5.74, 6) is -0.905. The van der Waals surface area contributed by atoms with Crippen LogP contribution in [0.4, 0.5) is 18.0 Å². The van der Waals surface area contributed by atoms with Crippen LogP contribution in [0.5, 0.6) is 0 Å². The van der Waals surface area contributed by atoms with Crippen molar-refractivity contribution in [3.8, 4) is 0 Å². The molecule has 0 spiro atoms. The summed E-state index contributed by atoms with van der Waals surface area (Å²) in [7, 11) is 0. The van der Waals surface area contributed by atoms with Gasteiger partial charge >= 0.3 is 18.2 Å². The Morgan fingerprint density at radius 2 is 1.88 bits per heavy atom. The standard InChI is InChI=1S/C5H10N2OS.C2HF3O2/c6-5(8)7-9-3-4-1-2-4;3-2(4,5)1(6)7/h4H,1-3H2,(H3,6,7,8);(H,6,7). The van der Waals surface area contributed by atoms with Gasteiger partial charge in [-0.05, 0) is 30.7 Å². The van der Waals surface area contributed by atoms with Gasteiger partial charge in [-0.25, -0.2) is 9.59 Å². The van der Waals surface area contributed by atoms with Crippen molar-refractivity contribution in [2.75, 3.05) is 5.75 Å². The number of carboxylic acid groups (broad SMARTS) is 1. The van der Waals surface area contributed by atoms with Crippen LogP contribution in [-0.2, 0) is 4.79 Å². The van der Waals surface area contributed by atoms with Crippen molar-refractivity contribution < 1.29 is 27.9 Å². The second-order valence-electron chi connectivity index (χ2n) is 3.02. The molecule has 0 aromatic rings. The molecule has 16 heavy (non-hydrogen) atoms. The van der Waals surface area contributed by atoms with Crippen molar-refractivity contribution in [3.63, 3.8) is 0 Å². The van der Waals surface area contributed by atoms with Gasteiger partial charge in [0.05, 0.1) is 0 Å². The van der Waals surface area contributed by atoms with E-state index in [1.165, 1.54) is 24.8 Å². The zero-order valence-electron chi connectivity index (χ0n) is 8.08. The first-order valence-corrected chi connectivity index (χ1v) is 5.19. The first kappa shape index (κ1) is 14.9. The van der Waals surface area contributed by atoms with Crippen LogP contribution < -0.4 is 10.5 Å². The predicted molar refractivity (Wildman–Crippen MR) is 51.6 cm³/mol. The van der Waals surface area contributed by atoms with Gasteiger partial charge in [0, 0.05) is 5.75 Å². The van der Waals surface area contributed by atoms with Gasteiger partial charge in [-0.1, -0.05) is 0 Å². The number of nitrogens with two attached hydrogens (primary N) is 1. The molecule has 1 aliphatic rings. The van der Waals surface area contributed by atoms with Crippen LogP contribution in [0.25, 0.3) is 0 Å². The second kappa shape index (κ2) is 6.46. The van der Waals surface area contributed by atoms with Crippen LogP contribution in [0.3, 0.4) is 0 Å². The van der Waals surface area contributed by atoms with Crippen molar-refractivity contribution in [2.24, 2.45) is 11.7 Å². The average Bonchev–Trinajstić information content (AvgIpc) is 2.86. The Bertz CT molecular complexity index is 256. The summed E-state index contributed by atoms with van der Waals surface area (Å²) in [5, 5.41) is 7.12. The lowest BCUT2D eigenvalue weighted by atomic mass is 10.5. The molecule has 0 bridgehead atoms. The van der Waals surface area contributed by atoms with Gasteiger partial charge in [0.2, 0.25) is 0 Å². The van der Waals surface area contributed by atoms with Crippen LogP contribution in [0, 0.1) is 5.92 Å². The van der Waals surface area contributed by atoms with E-state index in [-0.39, 0.29) is 0 Å². The highest BCUT2D eigenvalue weighted by molar-refractivity contribution is 7.97. The minimum Gasteiger partial charge on any atom is -0.475 e. The van der Waals surface area contributed by atoms with Gasteiger partial charge in [0.25, 0.3) is 0 Å². The molecule has 0 aliphatic heterocycles. The number of carbonyl (C=O) groups excluding carboxylic acids is 1. The normalized spacial score (nSPS) is 14.7. The molecule has 0 aromatic heterocycles. The molecule has 0 aromatic carbocycles. The second-order valence-corrected chi connectivity index (χ2v) is 3.85. The molecule has 0 radical (unpaired) electrons. The van der Waals surface area contributed by atoms with Crippen LogP contribution >= 0.6 is 11.9 Å². The third-order valence-electron chi connectivity index (χ3n) is 1.43. The van der Waals surface area contributed by atoms with E-state index in [9.17, 15) is 18.0 Å². The number of halogens is 3. The molecule has 1 saturated carbocycles. The number of nitrogens with one attached hydrogen (secondary N) is 1. The number of urea groups is 1. The molecule has 1 aliphatic carbocycles. The quantitative estimate of drug-likeness (QED) is 0.668. The Morgan fingerprint density at radius 3 is 2.12 bits per heavy atom. The van der Waals surface area contributed by atoms with E-state index in [0.717, 1.165) is 11.7 Å². The van der Waals surface area contributed by atoms with Gasteiger partial charge in [0.1, 0.15) is 0 Å². The first-order valence-electron chi connectivity index (χ1n) is 4.21. The number of primary amides is 1. The Labute approximate surface area is 93.7 Å². The van der Waals surface area contributed by atoms with E-state index in [1.54, 1.807) is 0 Å². The number of carboxylic acids is 1. The maximum absolute atomic E-state index is 10.6. The monoisotopic (exact) mass is 260 g/mol. The zero-order chi connectivity index (χ0) is 12.8. The minimum atomic E-state index is -5.08. The fraction of sp³-hybridized carbons (Fsp3) is 0.714. The molecule has 2 amide bonds. The fourth-order valence-electron chi connectivity index (χ4n) is 0.515. The highest BCUT2D eigenvalue weighted by Crippen LogP contribution is 2.31. The molecule has 1 rings (SSSR count). The molecule has 0 atom stereocenters. The lowest BCUT2D eigenvalue weighted by Gasteiger charge is -1.96. The van der Waals surface area contributed by atoms with E-state index >= 15 is 0 Å². The first-order chi connectivity index (χ1) is 7.23. The number of carbonyl (C=O) groups is 2. The summed E-state index contributed by atoms with van der Waals surface area (Å²) >= 11 is 1.41. The summed E-state index contributed by atoms with van der Waals surface area (Å²) in [6.45, 7) is 0. The molecule has 1 fully saturated rings. The Hall–Kier alpha value is -1.12. The number of rotatable bonds is 3. The van der Waals surface area contributed by atoms with Crippen molar-refractivity contribution in [3.05, 3.63) is 0 Å². The van der Waals surface area contributed by atoms with Gasteiger partial charge in [-0.3, -0.25) is 4.72 Å². The molecule has 5 nitrogen and oxygen atoms in total. The summed E-state index contributed by atoms with van der Waals surface area (Å²) in [6, 6.07) is -0.444. The van der Waals surface area contributed by atoms with Crippen LogP contribution in [-0.4, -0.2) is 29.0 Å². The molecular formula is C7H11F3N2O3S. The summed E-state index contributed by atoms with van der Waals surface area (Å²) in [6.07, 6.45) is -2.46. The highest BCUT2D eigenvalue weighted by Gasteiger charge is 2.38. The lowest BCUT2D eigenvalue weighted by molar-refractivity contribution is -0.192. The van der Waals surface area contributed by atoms with E-state index in [4.69, 9.17) is 15.6 Å². The van der Waals surface area contributed by atoms with Crippen molar-refractivity contribution >= 4 is 23.9 Å². The van der Waals surface area contributed by atoms with Crippen molar-refractivity contribution in [1.29, 1.82) is 0 Å². The maximum atomic E-state index is 10.6. The van der Waals surface area contributed by atoms with E-state index in [0.29, 0.717) is 0 Å². The van der Waals surface area contributed by atoms with E-state index < -0.39 is 18.2 Å². The van der Waals surface area contributed by atoms with Crippen LogP contribution in [0.15, 0.2) is 0 Å². The van der Waals surface area contributed by atoms with Gasteiger partial charge < -0.3 is 10.8 Å². The molecule has 94 valence electrons. The van der Waals surface area contributed by atoms with Crippen LogP contribution in [0.1, 0.15) is 12.8 Å². The van der Waals surface area contributed by atoms with Gasteiger partial charge in [0.15, 0.2) is 0 Å². The topological polar surface area (TPSA) is 92.4 Å². The maximum Gasteiger partial charge on any atom is 0.490 e. The Morgan fingerprint density at radius 1 is 1.44 bits per heavy atom. The van der Waals surface area contributed by atoms with E-state index in [2.05, 4.69) is 4.72 Å². The zero-order valence-corrected chi connectivity index (χ0v) is 8.90. The van der Waals surface area contributed by atoms with Crippen molar-refractivity contribution in [2.45, 2.75) is 19.0 Å².